The number of carbonyl (C=O) groups is 4. The van der Waals surface area contributed by atoms with E-state index in [2.05, 4.69) is 0 Å². The normalized spacial score (nSPS) is 26.3. The number of aliphatic carboxylic acids is 1. The Bertz CT molecular complexity index is 1200. The quantitative estimate of drug-likeness (QED) is 0.258. The minimum Gasteiger partial charge on any atom is -0.507 e. The van der Waals surface area contributed by atoms with E-state index in [-0.39, 0.29) is 16.7 Å². The Hall–Kier alpha value is -3.84. The number of carbonyl (C=O) groups excluding carboxylic acids is 3. The molecular weight excluding hydrogens is 444 g/mol. The van der Waals surface area contributed by atoms with Crippen LogP contribution in [0.5, 0.6) is 11.5 Å². The second-order valence-corrected chi connectivity index (χ2v) is 7.42. The van der Waals surface area contributed by atoms with E-state index in [1.54, 1.807) is 0 Å². The van der Waals surface area contributed by atoms with Crippen molar-refractivity contribution in [3.05, 3.63) is 58.1 Å². The van der Waals surface area contributed by atoms with Gasteiger partial charge in [-0.1, -0.05) is 12.1 Å². The van der Waals surface area contributed by atoms with Crippen molar-refractivity contribution in [2.24, 2.45) is 0 Å². The van der Waals surface area contributed by atoms with Crippen LogP contribution in [0.25, 0.3) is 0 Å². The number of aromatic hydroxyl groups is 2. The number of hydrogen-bond acceptors (Lipinski definition) is 11. The van der Waals surface area contributed by atoms with Crippen LogP contribution in [-0.2, 0) is 14.3 Å². The molecule has 12 nitrogen and oxygen atoms in total. The number of hydrogen-bond donors (Lipinski definition) is 6. The molecule has 1 fully saturated rings. The van der Waals surface area contributed by atoms with Gasteiger partial charge in [0, 0.05) is 11.1 Å². The number of ketones is 2. The Morgan fingerprint density at radius 2 is 1.52 bits per heavy atom. The van der Waals surface area contributed by atoms with Gasteiger partial charge in [-0.05, 0) is 18.2 Å². The minimum absolute atomic E-state index is 0.148. The lowest BCUT2D eigenvalue weighted by atomic mass is 9.82. The second kappa shape index (κ2) is 7.94. The molecule has 0 aromatic heterocycles. The molecule has 1 saturated heterocycles. The third-order valence-electron chi connectivity index (χ3n) is 5.38. The zero-order valence-electron chi connectivity index (χ0n) is 16.4. The van der Waals surface area contributed by atoms with Crippen LogP contribution < -0.4 is 0 Å². The maximum Gasteiger partial charge on any atom is 0.340 e. The highest BCUT2D eigenvalue weighted by Gasteiger charge is 2.48. The van der Waals surface area contributed by atoms with Gasteiger partial charge in [-0.3, -0.25) is 9.59 Å². The summed E-state index contributed by atoms with van der Waals surface area (Å²) in [4.78, 5) is 49.4. The van der Waals surface area contributed by atoms with E-state index >= 15 is 0 Å². The summed E-state index contributed by atoms with van der Waals surface area (Å²) in [7, 11) is 0. The molecule has 0 amide bonds. The van der Waals surface area contributed by atoms with Gasteiger partial charge in [0.15, 0.2) is 11.9 Å². The van der Waals surface area contributed by atoms with E-state index in [1.165, 1.54) is 18.2 Å². The fourth-order valence-corrected chi connectivity index (χ4v) is 3.72. The van der Waals surface area contributed by atoms with Crippen molar-refractivity contribution in [3.63, 3.8) is 0 Å². The maximum absolute atomic E-state index is 12.9. The minimum atomic E-state index is -2.02. The molecule has 12 heteroatoms. The molecule has 1 aliphatic heterocycles. The van der Waals surface area contributed by atoms with Gasteiger partial charge in [0.25, 0.3) is 0 Å². The first-order valence-electron chi connectivity index (χ1n) is 9.44. The lowest BCUT2D eigenvalue weighted by Crippen LogP contribution is -2.60. The highest BCUT2D eigenvalue weighted by atomic mass is 16.7. The second-order valence-electron chi connectivity index (χ2n) is 7.42. The summed E-state index contributed by atoms with van der Waals surface area (Å²) >= 11 is 0. The zero-order valence-corrected chi connectivity index (χ0v) is 16.4. The molecule has 0 radical (unpaired) electrons. The lowest BCUT2D eigenvalue weighted by molar-refractivity contribution is -0.278. The molecule has 6 N–H and O–H groups in total. The summed E-state index contributed by atoms with van der Waals surface area (Å²) in [6, 6.07) is 5.56. The number of carboxylic acid groups (broad SMARTS) is 1. The third kappa shape index (κ3) is 3.50. The van der Waals surface area contributed by atoms with Crippen LogP contribution in [0.4, 0.5) is 0 Å². The number of esters is 1. The molecule has 33 heavy (non-hydrogen) atoms. The van der Waals surface area contributed by atoms with Gasteiger partial charge < -0.3 is 40.1 Å². The predicted molar refractivity (Wildman–Crippen MR) is 103 cm³/mol. The summed E-state index contributed by atoms with van der Waals surface area (Å²) < 4.78 is 9.75. The van der Waals surface area contributed by atoms with E-state index in [0.717, 1.165) is 12.1 Å². The van der Waals surface area contributed by atoms with Crippen molar-refractivity contribution in [1.29, 1.82) is 0 Å². The van der Waals surface area contributed by atoms with E-state index in [9.17, 15) is 44.7 Å². The Morgan fingerprint density at radius 1 is 0.848 bits per heavy atom. The van der Waals surface area contributed by atoms with Crippen molar-refractivity contribution in [2.75, 3.05) is 0 Å². The molecule has 2 aromatic rings. The fraction of sp³-hybridized carbons (Fsp3) is 0.238. The van der Waals surface area contributed by atoms with Crippen LogP contribution in [0.1, 0.15) is 42.2 Å². The first-order chi connectivity index (χ1) is 15.5. The molecule has 1 heterocycles. The summed E-state index contributed by atoms with van der Waals surface area (Å²) in [5.41, 5.74) is -1.70. The Balaban J connectivity index is 1.66. The van der Waals surface area contributed by atoms with Gasteiger partial charge in [-0.15, -0.1) is 0 Å². The van der Waals surface area contributed by atoms with Crippen molar-refractivity contribution in [2.45, 2.75) is 30.7 Å². The van der Waals surface area contributed by atoms with Gasteiger partial charge in [0.2, 0.25) is 12.1 Å². The number of aliphatic hydroxyl groups is 3. The number of phenols is 2. The Morgan fingerprint density at radius 3 is 2.18 bits per heavy atom. The fourth-order valence-electron chi connectivity index (χ4n) is 3.72. The van der Waals surface area contributed by atoms with Crippen molar-refractivity contribution < 1.29 is 59.3 Å². The van der Waals surface area contributed by atoms with Crippen molar-refractivity contribution >= 4 is 23.5 Å². The molecule has 1 aliphatic carbocycles. The lowest BCUT2D eigenvalue weighted by Gasteiger charge is -2.37. The van der Waals surface area contributed by atoms with E-state index in [4.69, 9.17) is 14.6 Å². The smallest absolute Gasteiger partial charge is 0.340 e. The van der Waals surface area contributed by atoms with Gasteiger partial charge in [0.05, 0.1) is 16.7 Å². The Kier molecular flexibility index (Phi) is 5.38. The molecule has 0 spiro atoms. The number of rotatable bonds is 3. The predicted octanol–water partition coefficient (Wildman–Crippen LogP) is -1.08. The summed E-state index contributed by atoms with van der Waals surface area (Å²) in [5, 5.41) is 58.9. The van der Waals surface area contributed by atoms with Crippen LogP contribution in [0.15, 0.2) is 30.3 Å². The van der Waals surface area contributed by atoms with Crippen LogP contribution in [0.2, 0.25) is 0 Å². The molecule has 5 atom stereocenters. The van der Waals surface area contributed by atoms with E-state index in [1.807, 2.05) is 0 Å². The number of carboxylic acids is 1. The monoisotopic (exact) mass is 460 g/mol. The SMILES string of the molecule is O=C(OC1O[C@@H](C(=O)O)[C@H](O)[C@@H](O)[C@@H]1O)c1cc(O)c2c(c1)C(=O)c1cccc(O)c1C2=O. The highest BCUT2D eigenvalue weighted by Crippen LogP contribution is 2.37. The highest BCUT2D eigenvalue weighted by molar-refractivity contribution is 6.30. The standard InChI is InChI=1S/C21H16O12/c22-9-3-1-2-7-11(9)14(25)12-8(13(7)24)4-6(5-10(12)23)20(31)33-21-17(28)15(26)16(27)18(32-21)19(29)30/h1-5,15-18,21-23,26-28H,(H,29,30)/t15-,16-,17+,18-,21?/m1/s1. The molecule has 0 saturated carbocycles. The topological polar surface area (TPSA) is 208 Å². The maximum atomic E-state index is 12.9. The largest absolute Gasteiger partial charge is 0.507 e. The van der Waals surface area contributed by atoms with E-state index < -0.39 is 76.8 Å². The van der Waals surface area contributed by atoms with Crippen LogP contribution in [0.3, 0.4) is 0 Å². The first-order valence-corrected chi connectivity index (χ1v) is 9.44. The van der Waals surface area contributed by atoms with Gasteiger partial charge in [0.1, 0.15) is 29.8 Å². The zero-order chi connectivity index (χ0) is 24.2. The molecule has 172 valence electrons. The summed E-state index contributed by atoms with van der Waals surface area (Å²) in [6.45, 7) is 0. The number of benzene rings is 2. The van der Waals surface area contributed by atoms with E-state index in [0.29, 0.717) is 0 Å². The third-order valence-corrected chi connectivity index (χ3v) is 5.38. The Labute approximate surface area is 183 Å². The molecule has 1 unspecified atom stereocenters. The molecule has 2 aromatic carbocycles. The van der Waals surface area contributed by atoms with Crippen LogP contribution >= 0.6 is 0 Å². The van der Waals surface area contributed by atoms with Crippen molar-refractivity contribution in [3.8, 4) is 11.5 Å². The number of phenolic OH excluding ortho intramolecular Hbond substituents is 2. The molecular formula is C21H16O12. The number of fused-ring (bicyclic) bond motifs is 2. The van der Waals surface area contributed by atoms with Crippen LogP contribution in [0, 0.1) is 0 Å². The summed E-state index contributed by atoms with van der Waals surface area (Å²) in [6.07, 6.45) is -10.0. The van der Waals surface area contributed by atoms with Gasteiger partial charge in [-0.25, -0.2) is 9.59 Å². The molecule has 4 rings (SSSR count). The number of aliphatic hydroxyl groups excluding tert-OH is 3. The average molecular weight is 460 g/mol. The summed E-state index contributed by atoms with van der Waals surface area (Å²) in [5.74, 6) is -5.83. The molecule has 0 bridgehead atoms. The van der Waals surface area contributed by atoms with Gasteiger partial charge in [-0.2, -0.15) is 0 Å². The van der Waals surface area contributed by atoms with Gasteiger partial charge >= 0.3 is 11.9 Å². The number of ether oxygens (including phenoxy) is 2. The first kappa shape index (κ1) is 22.4. The van der Waals surface area contributed by atoms with Crippen LogP contribution in [-0.4, -0.2) is 84.9 Å². The van der Waals surface area contributed by atoms with Crippen molar-refractivity contribution in [1.82, 2.24) is 0 Å². The average Bonchev–Trinajstić information content (AvgIpc) is 2.76. The molecule has 2 aliphatic rings.